The van der Waals surface area contributed by atoms with E-state index in [1.165, 1.54) is 25.9 Å². The van der Waals surface area contributed by atoms with E-state index in [2.05, 4.69) is 15.2 Å². The Bertz CT molecular complexity index is 639. The summed E-state index contributed by atoms with van der Waals surface area (Å²) >= 11 is 1.59. The van der Waals surface area contributed by atoms with E-state index in [-0.39, 0.29) is 5.91 Å². The van der Waals surface area contributed by atoms with Crippen LogP contribution in [0.4, 0.5) is 0 Å². The Labute approximate surface area is 134 Å². The molecule has 1 aliphatic rings. The van der Waals surface area contributed by atoms with Crippen LogP contribution in [0.1, 0.15) is 31.4 Å². The molecule has 3 heterocycles. The summed E-state index contributed by atoms with van der Waals surface area (Å²) in [4.78, 5) is 19.5. The van der Waals surface area contributed by atoms with Gasteiger partial charge in [-0.1, -0.05) is 0 Å². The van der Waals surface area contributed by atoms with Crippen molar-refractivity contribution in [2.75, 3.05) is 26.2 Å². The summed E-state index contributed by atoms with van der Waals surface area (Å²) in [6.07, 6.45) is 12.0. The second-order valence-electron chi connectivity index (χ2n) is 5.62. The number of carbonyl (C=O) groups excluding carboxylic acids is 1. The average Bonchev–Trinajstić information content (AvgIpc) is 3.23. The van der Waals surface area contributed by atoms with Crippen LogP contribution >= 0.6 is 11.3 Å². The smallest absolute Gasteiger partial charge is 0.244 e. The van der Waals surface area contributed by atoms with Crippen LogP contribution in [-0.2, 0) is 4.79 Å². The Kier molecular flexibility index (Phi) is 5.24. The zero-order valence-corrected chi connectivity index (χ0v) is 13.5. The maximum Gasteiger partial charge on any atom is 0.244 e. The number of unbranched alkanes of at least 4 members (excludes halogenated alkanes) is 1. The zero-order valence-electron chi connectivity index (χ0n) is 12.7. The molecule has 0 spiro atoms. The number of rotatable bonds is 7. The quantitative estimate of drug-likeness (QED) is 0.630. The number of fused-ring (bicyclic) bond motifs is 1. The second kappa shape index (κ2) is 7.56. The van der Waals surface area contributed by atoms with Crippen LogP contribution in [0.3, 0.4) is 0 Å². The Balaban J connectivity index is 1.35. The Morgan fingerprint density at radius 3 is 3.09 bits per heavy atom. The van der Waals surface area contributed by atoms with Gasteiger partial charge in [0.05, 0.1) is 11.9 Å². The van der Waals surface area contributed by atoms with Crippen molar-refractivity contribution >= 4 is 28.3 Å². The third kappa shape index (κ3) is 3.96. The number of aromatic nitrogens is 2. The third-order valence-corrected chi connectivity index (χ3v) is 4.75. The predicted molar refractivity (Wildman–Crippen MR) is 90.0 cm³/mol. The molecule has 2 aromatic rings. The predicted octanol–water partition coefficient (Wildman–Crippen LogP) is 2.40. The van der Waals surface area contributed by atoms with Crippen molar-refractivity contribution in [2.45, 2.75) is 25.7 Å². The van der Waals surface area contributed by atoms with Gasteiger partial charge in [0.2, 0.25) is 5.91 Å². The SMILES string of the molecule is O=C(/C=C/c1cnc2sccn12)NCCCCN1CCCC1. The molecule has 0 saturated carbocycles. The molecule has 0 unspecified atom stereocenters. The highest BCUT2D eigenvalue weighted by Crippen LogP contribution is 2.13. The number of hydrogen-bond acceptors (Lipinski definition) is 4. The molecule has 0 bridgehead atoms. The molecule has 5 nitrogen and oxygen atoms in total. The van der Waals surface area contributed by atoms with Crippen LogP contribution in [-0.4, -0.2) is 46.4 Å². The lowest BCUT2D eigenvalue weighted by atomic mass is 10.3. The summed E-state index contributed by atoms with van der Waals surface area (Å²) < 4.78 is 1.98. The minimum absolute atomic E-state index is 0.0358. The van der Waals surface area contributed by atoms with Crippen molar-refractivity contribution in [3.05, 3.63) is 29.5 Å². The first-order valence-corrected chi connectivity index (χ1v) is 8.80. The van der Waals surface area contributed by atoms with Gasteiger partial charge >= 0.3 is 0 Å². The van der Waals surface area contributed by atoms with Crippen LogP contribution in [0.2, 0.25) is 0 Å². The summed E-state index contributed by atoms with van der Waals surface area (Å²) in [5.74, 6) is -0.0358. The van der Waals surface area contributed by atoms with Gasteiger partial charge in [-0.25, -0.2) is 4.98 Å². The maximum absolute atomic E-state index is 11.8. The standard InChI is InChI=1S/C16H22N4OS/c21-15(17-7-1-2-8-19-9-3-4-10-19)6-5-14-13-18-16-20(14)11-12-22-16/h5-6,11-13H,1-4,7-10H2,(H,17,21)/b6-5+. The van der Waals surface area contributed by atoms with Gasteiger partial charge in [-0.05, 0) is 51.4 Å². The van der Waals surface area contributed by atoms with Crippen molar-refractivity contribution in [1.82, 2.24) is 19.6 Å². The van der Waals surface area contributed by atoms with E-state index >= 15 is 0 Å². The monoisotopic (exact) mass is 318 g/mol. The van der Waals surface area contributed by atoms with Crippen molar-refractivity contribution in [1.29, 1.82) is 0 Å². The number of hydrogen-bond donors (Lipinski definition) is 1. The first-order valence-electron chi connectivity index (χ1n) is 7.92. The number of amides is 1. The highest BCUT2D eigenvalue weighted by molar-refractivity contribution is 7.15. The highest BCUT2D eigenvalue weighted by atomic mass is 32.1. The lowest BCUT2D eigenvalue weighted by Crippen LogP contribution is -2.24. The molecule has 3 rings (SSSR count). The molecule has 1 aliphatic heterocycles. The minimum Gasteiger partial charge on any atom is -0.353 e. The fraction of sp³-hybridized carbons (Fsp3) is 0.500. The normalized spacial score (nSPS) is 16.0. The van der Waals surface area contributed by atoms with Crippen molar-refractivity contribution in [3.8, 4) is 0 Å². The van der Waals surface area contributed by atoms with Gasteiger partial charge in [-0.2, -0.15) is 0 Å². The molecular formula is C16H22N4OS. The lowest BCUT2D eigenvalue weighted by molar-refractivity contribution is -0.116. The van der Waals surface area contributed by atoms with Crippen LogP contribution in [0.25, 0.3) is 11.0 Å². The molecule has 22 heavy (non-hydrogen) atoms. The van der Waals surface area contributed by atoms with Gasteiger partial charge in [-0.15, -0.1) is 11.3 Å². The van der Waals surface area contributed by atoms with Crippen LogP contribution in [0.15, 0.2) is 23.8 Å². The summed E-state index contributed by atoms with van der Waals surface area (Å²) in [5.41, 5.74) is 0.931. The van der Waals surface area contributed by atoms with Gasteiger partial charge in [0.15, 0.2) is 4.96 Å². The zero-order chi connectivity index (χ0) is 15.2. The molecule has 0 aromatic carbocycles. The topological polar surface area (TPSA) is 49.6 Å². The molecule has 1 fully saturated rings. The largest absolute Gasteiger partial charge is 0.353 e. The molecule has 6 heteroatoms. The van der Waals surface area contributed by atoms with E-state index in [9.17, 15) is 4.79 Å². The van der Waals surface area contributed by atoms with E-state index in [1.807, 2.05) is 22.1 Å². The Hall–Kier alpha value is -1.66. The maximum atomic E-state index is 11.8. The molecule has 1 saturated heterocycles. The van der Waals surface area contributed by atoms with E-state index in [1.54, 1.807) is 23.6 Å². The van der Waals surface area contributed by atoms with Gasteiger partial charge in [0.1, 0.15) is 0 Å². The number of nitrogens with zero attached hydrogens (tertiary/aromatic N) is 3. The van der Waals surface area contributed by atoms with Crippen LogP contribution < -0.4 is 5.32 Å². The molecule has 2 aromatic heterocycles. The molecular weight excluding hydrogens is 296 g/mol. The molecule has 1 amide bonds. The highest BCUT2D eigenvalue weighted by Gasteiger charge is 2.10. The van der Waals surface area contributed by atoms with Crippen molar-refractivity contribution in [3.63, 3.8) is 0 Å². The van der Waals surface area contributed by atoms with E-state index < -0.39 is 0 Å². The third-order valence-electron chi connectivity index (χ3n) is 3.98. The van der Waals surface area contributed by atoms with E-state index in [4.69, 9.17) is 0 Å². The molecule has 0 radical (unpaired) electrons. The number of thiazole rings is 1. The molecule has 0 atom stereocenters. The first kappa shape index (κ1) is 15.2. The van der Waals surface area contributed by atoms with Crippen molar-refractivity contribution in [2.24, 2.45) is 0 Å². The number of imidazole rings is 1. The Morgan fingerprint density at radius 2 is 2.23 bits per heavy atom. The fourth-order valence-electron chi connectivity index (χ4n) is 2.77. The molecule has 118 valence electrons. The average molecular weight is 318 g/mol. The number of likely N-dealkylation sites (tertiary alicyclic amines) is 1. The van der Waals surface area contributed by atoms with Gasteiger partial charge in [0, 0.05) is 24.2 Å². The van der Waals surface area contributed by atoms with Crippen LogP contribution in [0, 0.1) is 0 Å². The summed E-state index contributed by atoms with van der Waals surface area (Å²) in [6, 6.07) is 0. The number of nitrogens with one attached hydrogen (secondary N) is 1. The lowest BCUT2D eigenvalue weighted by Gasteiger charge is -2.13. The van der Waals surface area contributed by atoms with E-state index in [0.29, 0.717) is 0 Å². The molecule has 1 N–H and O–H groups in total. The van der Waals surface area contributed by atoms with Gasteiger partial charge in [0.25, 0.3) is 0 Å². The van der Waals surface area contributed by atoms with Gasteiger partial charge < -0.3 is 10.2 Å². The second-order valence-corrected chi connectivity index (χ2v) is 6.49. The summed E-state index contributed by atoms with van der Waals surface area (Å²) in [5, 5.41) is 4.93. The summed E-state index contributed by atoms with van der Waals surface area (Å²) in [6.45, 7) is 4.41. The van der Waals surface area contributed by atoms with Gasteiger partial charge in [-0.3, -0.25) is 9.20 Å². The first-order chi connectivity index (χ1) is 10.8. The van der Waals surface area contributed by atoms with Crippen LogP contribution in [0.5, 0.6) is 0 Å². The number of carbonyl (C=O) groups is 1. The van der Waals surface area contributed by atoms with E-state index in [0.717, 1.165) is 36.6 Å². The minimum atomic E-state index is -0.0358. The summed E-state index contributed by atoms with van der Waals surface area (Å²) in [7, 11) is 0. The fourth-order valence-corrected chi connectivity index (χ4v) is 3.46. The molecule has 0 aliphatic carbocycles. The Morgan fingerprint density at radius 1 is 1.36 bits per heavy atom. The van der Waals surface area contributed by atoms with Crippen molar-refractivity contribution < 1.29 is 4.79 Å².